The molecule has 1 aromatic carbocycles. The van der Waals surface area contributed by atoms with E-state index < -0.39 is 0 Å². The topological polar surface area (TPSA) is 39.2 Å². The molecule has 0 fully saturated rings. The third kappa shape index (κ3) is 3.80. The van der Waals surface area contributed by atoms with Crippen LogP contribution < -0.4 is 4.74 Å². The summed E-state index contributed by atoms with van der Waals surface area (Å²) in [6.45, 7) is 2.01. The molecule has 0 amide bonds. The van der Waals surface area contributed by atoms with E-state index >= 15 is 0 Å². The first-order chi connectivity index (χ1) is 9.16. The Morgan fingerprint density at radius 2 is 2.16 bits per heavy atom. The summed E-state index contributed by atoms with van der Waals surface area (Å²) in [4.78, 5) is 15.5. The first-order valence-corrected chi connectivity index (χ1v) is 6.38. The van der Waals surface area contributed by atoms with Crippen molar-refractivity contribution in [3.63, 3.8) is 0 Å². The van der Waals surface area contributed by atoms with Crippen LogP contribution in [0.15, 0.2) is 42.6 Å². The van der Waals surface area contributed by atoms with Gasteiger partial charge < -0.3 is 4.74 Å². The predicted molar refractivity (Wildman–Crippen MR) is 74.9 cm³/mol. The van der Waals surface area contributed by atoms with Crippen LogP contribution in [0.3, 0.4) is 0 Å². The van der Waals surface area contributed by atoms with Gasteiger partial charge in [-0.05, 0) is 37.3 Å². The van der Waals surface area contributed by atoms with Crippen molar-refractivity contribution in [1.82, 2.24) is 4.98 Å². The van der Waals surface area contributed by atoms with E-state index in [4.69, 9.17) is 16.3 Å². The average molecular weight is 276 g/mol. The Morgan fingerprint density at radius 3 is 2.79 bits per heavy atom. The van der Waals surface area contributed by atoms with E-state index in [1.165, 1.54) is 6.92 Å². The van der Waals surface area contributed by atoms with E-state index in [-0.39, 0.29) is 5.78 Å². The van der Waals surface area contributed by atoms with Gasteiger partial charge in [0, 0.05) is 23.9 Å². The molecule has 0 N–H and O–H groups in total. The van der Waals surface area contributed by atoms with Gasteiger partial charge in [0.15, 0.2) is 5.78 Å². The molecule has 0 aliphatic heterocycles. The Balaban J connectivity index is 1.93. The van der Waals surface area contributed by atoms with Crippen LogP contribution in [-0.2, 0) is 6.42 Å². The molecule has 1 aromatic heterocycles. The van der Waals surface area contributed by atoms with Gasteiger partial charge in [0.2, 0.25) is 0 Å². The smallest absolute Gasteiger partial charge is 0.161 e. The zero-order valence-electron chi connectivity index (χ0n) is 10.6. The Kier molecular flexibility index (Phi) is 4.53. The highest BCUT2D eigenvalue weighted by atomic mass is 35.5. The molecule has 0 aliphatic rings. The van der Waals surface area contributed by atoms with Gasteiger partial charge in [-0.15, -0.1) is 0 Å². The van der Waals surface area contributed by atoms with Crippen LogP contribution >= 0.6 is 11.6 Å². The maximum atomic E-state index is 11.2. The Morgan fingerprint density at radius 1 is 1.32 bits per heavy atom. The molecule has 0 radical (unpaired) electrons. The summed E-state index contributed by atoms with van der Waals surface area (Å²) in [7, 11) is 0. The Hall–Kier alpha value is -1.87. The van der Waals surface area contributed by atoms with Crippen LogP contribution in [0.2, 0.25) is 5.02 Å². The summed E-state index contributed by atoms with van der Waals surface area (Å²) in [5, 5.41) is 0.419. The molecule has 0 saturated carbocycles. The lowest BCUT2D eigenvalue weighted by Crippen LogP contribution is -2.03. The van der Waals surface area contributed by atoms with Crippen LogP contribution in [0.25, 0.3) is 0 Å². The van der Waals surface area contributed by atoms with Gasteiger partial charge in [-0.1, -0.05) is 17.7 Å². The van der Waals surface area contributed by atoms with E-state index in [1.54, 1.807) is 24.4 Å². The predicted octanol–water partition coefficient (Wildman–Crippen LogP) is 3.56. The highest BCUT2D eigenvalue weighted by Gasteiger charge is 2.06. The number of rotatable bonds is 5. The summed E-state index contributed by atoms with van der Waals surface area (Å²) in [5.74, 6) is 0.607. The number of benzene rings is 1. The summed E-state index contributed by atoms with van der Waals surface area (Å²) < 4.78 is 5.59. The SMILES string of the molecule is CC(=O)c1ccc(OCCc2ccccn2)cc1Cl. The van der Waals surface area contributed by atoms with Gasteiger partial charge in [0.05, 0.1) is 11.6 Å². The van der Waals surface area contributed by atoms with Crippen molar-refractivity contribution in [3.8, 4) is 5.75 Å². The number of carbonyl (C=O) groups excluding carboxylic acids is 1. The molecule has 98 valence electrons. The number of nitrogens with zero attached hydrogens (tertiary/aromatic N) is 1. The van der Waals surface area contributed by atoms with Gasteiger partial charge >= 0.3 is 0 Å². The second-order valence-corrected chi connectivity index (χ2v) is 4.52. The van der Waals surface area contributed by atoms with Gasteiger partial charge in [-0.25, -0.2) is 0 Å². The number of hydrogen-bond acceptors (Lipinski definition) is 3. The fourth-order valence-corrected chi connectivity index (χ4v) is 1.99. The molecule has 0 bridgehead atoms. The van der Waals surface area contributed by atoms with E-state index in [0.717, 1.165) is 12.1 Å². The van der Waals surface area contributed by atoms with Crippen molar-refractivity contribution in [3.05, 3.63) is 58.9 Å². The van der Waals surface area contributed by atoms with Gasteiger partial charge in [0.1, 0.15) is 5.75 Å². The van der Waals surface area contributed by atoms with Gasteiger partial charge in [-0.2, -0.15) is 0 Å². The zero-order chi connectivity index (χ0) is 13.7. The molecule has 4 heteroatoms. The summed E-state index contributed by atoms with van der Waals surface area (Å²) in [5.41, 5.74) is 1.49. The number of hydrogen-bond donors (Lipinski definition) is 0. The van der Waals surface area contributed by atoms with Gasteiger partial charge in [0.25, 0.3) is 0 Å². The maximum Gasteiger partial charge on any atom is 0.161 e. The minimum atomic E-state index is -0.0509. The second-order valence-electron chi connectivity index (χ2n) is 4.12. The minimum Gasteiger partial charge on any atom is -0.493 e. The number of carbonyl (C=O) groups is 1. The minimum absolute atomic E-state index is 0.0509. The summed E-state index contributed by atoms with van der Waals surface area (Å²) in [6.07, 6.45) is 2.49. The Bertz CT molecular complexity index is 570. The molecule has 3 nitrogen and oxygen atoms in total. The zero-order valence-corrected chi connectivity index (χ0v) is 11.4. The first-order valence-electron chi connectivity index (χ1n) is 6.00. The lowest BCUT2D eigenvalue weighted by Gasteiger charge is -2.07. The molecule has 2 aromatic rings. The van der Waals surface area contributed by atoms with Crippen molar-refractivity contribution in [1.29, 1.82) is 0 Å². The second kappa shape index (κ2) is 6.34. The standard InChI is InChI=1S/C15H14ClNO2/c1-11(18)14-6-5-13(10-15(14)16)19-9-7-12-4-2-3-8-17-12/h2-6,8,10H,7,9H2,1H3. The molecule has 0 unspecified atom stereocenters. The maximum absolute atomic E-state index is 11.2. The summed E-state index contributed by atoms with van der Waals surface area (Å²) >= 11 is 6.01. The number of pyridine rings is 1. The fourth-order valence-electron chi connectivity index (χ4n) is 1.69. The van der Waals surface area contributed by atoms with Crippen LogP contribution in [0, 0.1) is 0 Å². The molecule has 0 atom stereocenters. The molecule has 0 saturated heterocycles. The Labute approximate surface area is 117 Å². The molecule has 19 heavy (non-hydrogen) atoms. The van der Waals surface area contributed by atoms with Crippen molar-refractivity contribution in [2.45, 2.75) is 13.3 Å². The first kappa shape index (κ1) is 13.6. The van der Waals surface area contributed by atoms with E-state index in [9.17, 15) is 4.79 Å². The number of Topliss-reactive ketones (excluding diaryl/α,β-unsaturated/α-hetero) is 1. The average Bonchev–Trinajstić information content (AvgIpc) is 2.39. The van der Waals surface area contributed by atoms with Crippen molar-refractivity contribution < 1.29 is 9.53 Å². The van der Waals surface area contributed by atoms with Crippen molar-refractivity contribution in [2.75, 3.05) is 6.61 Å². The van der Waals surface area contributed by atoms with Crippen molar-refractivity contribution >= 4 is 17.4 Å². The van der Waals surface area contributed by atoms with Crippen LogP contribution in [0.1, 0.15) is 23.0 Å². The lowest BCUT2D eigenvalue weighted by molar-refractivity contribution is 0.101. The normalized spacial score (nSPS) is 10.2. The number of halogens is 1. The van der Waals surface area contributed by atoms with Crippen LogP contribution in [-0.4, -0.2) is 17.4 Å². The fraction of sp³-hybridized carbons (Fsp3) is 0.200. The van der Waals surface area contributed by atoms with Crippen molar-refractivity contribution in [2.24, 2.45) is 0 Å². The van der Waals surface area contributed by atoms with E-state index in [1.807, 2.05) is 18.2 Å². The molecule has 0 aliphatic carbocycles. The highest BCUT2D eigenvalue weighted by Crippen LogP contribution is 2.23. The monoisotopic (exact) mass is 275 g/mol. The molecular formula is C15H14ClNO2. The largest absolute Gasteiger partial charge is 0.493 e. The molecule has 2 rings (SSSR count). The quantitative estimate of drug-likeness (QED) is 0.783. The lowest BCUT2D eigenvalue weighted by atomic mass is 10.1. The van der Waals surface area contributed by atoms with E-state index in [0.29, 0.717) is 22.9 Å². The molecule has 1 heterocycles. The van der Waals surface area contributed by atoms with Gasteiger partial charge in [-0.3, -0.25) is 9.78 Å². The van der Waals surface area contributed by atoms with Crippen LogP contribution in [0.4, 0.5) is 0 Å². The number of aromatic nitrogens is 1. The third-order valence-corrected chi connectivity index (χ3v) is 2.99. The number of ketones is 1. The third-order valence-electron chi connectivity index (χ3n) is 2.67. The van der Waals surface area contributed by atoms with Crippen LogP contribution in [0.5, 0.6) is 5.75 Å². The van der Waals surface area contributed by atoms with E-state index in [2.05, 4.69) is 4.98 Å². The molecule has 0 spiro atoms. The highest BCUT2D eigenvalue weighted by molar-refractivity contribution is 6.34. The summed E-state index contributed by atoms with van der Waals surface area (Å²) in [6, 6.07) is 10.9. The molecular weight excluding hydrogens is 262 g/mol. The number of ether oxygens (including phenoxy) is 1.